The van der Waals surface area contributed by atoms with E-state index in [4.69, 9.17) is 19.4 Å². The van der Waals surface area contributed by atoms with Crippen molar-refractivity contribution in [3.05, 3.63) is 175 Å². The first-order valence-corrected chi connectivity index (χ1v) is 18.5. The van der Waals surface area contributed by atoms with E-state index in [1.807, 2.05) is 60.7 Å². The molecule has 4 heteroatoms. The molecule has 0 N–H and O–H groups in total. The number of furan rings is 1. The van der Waals surface area contributed by atoms with Gasteiger partial charge in [-0.1, -0.05) is 172 Å². The van der Waals surface area contributed by atoms with E-state index < -0.39 is 0 Å². The van der Waals surface area contributed by atoms with Gasteiger partial charge in [0.15, 0.2) is 17.5 Å². The molecule has 0 bridgehead atoms. The largest absolute Gasteiger partial charge is 0.455 e. The van der Waals surface area contributed by atoms with Gasteiger partial charge in [-0.05, 0) is 50.0 Å². The van der Waals surface area contributed by atoms with Crippen molar-refractivity contribution in [3.8, 4) is 56.4 Å². The van der Waals surface area contributed by atoms with Crippen molar-refractivity contribution >= 4 is 43.5 Å². The van der Waals surface area contributed by atoms with E-state index in [1.165, 1.54) is 33.0 Å². The molecule has 11 rings (SSSR count). The molecule has 0 saturated heterocycles. The Morgan fingerprint density at radius 2 is 0.907 bits per heavy atom. The molecule has 1 aliphatic rings. The molecule has 0 atom stereocenters. The number of nitrogens with zero attached hydrogens (tertiary/aromatic N) is 3. The molecular weight excluding hydrogens is 659 g/mol. The fraction of sp³-hybridized carbons (Fsp3) is 0.0600. The van der Waals surface area contributed by atoms with Gasteiger partial charge in [0.25, 0.3) is 0 Å². The van der Waals surface area contributed by atoms with Gasteiger partial charge in [0.2, 0.25) is 0 Å². The van der Waals surface area contributed by atoms with Gasteiger partial charge >= 0.3 is 0 Å². The van der Waals surface area contributed by atoms with Gasteiger partial charge in [-0.2, -0.15) is 0 Å². The summed E-state index contributed by atoms with van der Waals surface area (Å²) in [5, 5.41) is 6.88. The van der Waals surface area contributed by atoms with Crippen molar-refractivity contribution in [2.45, 2.75) is 19.3 Å². The van der Waals surface area contributed by atoms with Gasteiger partial charge in [0.1, 0.15) is 11.2 Å². The van der Waals surface area contributed by atoms with E-state index in [2.05, 4.69) is 117 Å². The second kappa shape index (κ2) is 11.5. The summed E-state index contributed by atoms with van der Waals surface area (Å²) in [6.45, 7) is 4.71. The van der Waals surface area contributed by atoms with Crippen LogP contribution in [0.25, 0.3) is 99.9 Å². The van der Waals surface area contributed by atoms with Crippen LogP contribution >= 0.6 is 0 Å². The second-order valence-corrected chi connectivity index (χ2v) is 14.7. The normalized spacial score (nSPS) is 13.1. The number of hydrogen-bond donors (Lipinski definition) is 0. The lowest BCUT2D eigenvalue weighted by atomic mass is 9.79. The van der Waals surface area contributed by atoms with Crippen LogP contribution in [0.1, 0.15) is 25.0 Å². The van der Waals surface area contributed by atoms with Gasteiger partial charge in [-0.25, -0.2) is 15.0 Å². The van der Waals surface area contributed by atoms with Crippen LogP contribution in [-0.2, 0) is 5.41 Å². The number of benzene rings is 8. The van der Waals surface area contributed by atoms with Gasteiger partial charge in [-0.15, -0.1) is 0 Å². The summed E-state index contributed by atoms with van der Waals surface area (Å²) < 4.78 is 7.13. The fourth-order valence-electron chi connectivity index (χ4n) is 8.87. The summed E-state index contributed by atoms with van der Waals surface area (Å²) in [7, 11) is 0. The molecule has 0 amide bonds. The molecule has 2 aromatic heterocycles. The van der Waals surface area contributed by atoms with Crippen molar-refractivity contribution in [1.29, 1.82) is 0 Å². The lowest BCUT2D eigenvalue weighted by molar-refractivity contribution is 0.659. The van der Waals surface area contributed by atoms with Crippen LogP contribution in [0.4, 0.5) is 0 Å². The van der Waals surface area contributed by atoms with Crippen LogP contribution in [0.5, 0.6) is 0 Å². The van der Waals surface area contributed by atoms with E-state index in [9.17, 15) is 0 Å². The highest BCUT2D eigenvalue weighted by molar-refractivity contribution is 6.25. The first-order chi connectivity index (χ1) is 26.6. The maximum Gasteiger partial charge on any atom is 0.164 e. The van der Waals surface area contributed by atoms with E-state index in [0.29, 0.717) is 17.5 Å². The Morgan fingerprint density at radius 3 is 1.61 bits per heavy atom. The van der Waals surface area contributed by atoms with E-state index in [-0.39, 0.29) is 5.41 Å². The Kier molecular flexibility index (Phi) is 6.56. The SMILES string of the molecule is CC1(C)c2ccccc2-c2c1c1c3cccc(-c4ccc(-c5nc(-c6ccccc6)nc(-c6ccccc6)n5)c5ccccc45)c3oc1c1ccccc21. The zero-order valence-corrected chi connectivity index (χ0v) is 29.8. The van der Waals surface area contributed by atoms with Crippen molar-refractivity contribution in [2.75, 3.05) is 0 Å². The summed E-state index contributed by atoms with van der Waals surface area (Å²) in [6.07, 6.45) is 0. The lowest BCUT2D eigenvalue weighted by Gasteiger charge is -2.22. The van der Waals surface area contributed by atoms with Gasteiger partial charge in [-0.3, -0.25) is 0 Å². The molecule has 54 heavy (non-hydrogen) atoms. The summed E-state index contributed by atoms with van der Waals surface area (Å²) in [4.78, 5) is 15.1. The Hall–Kier alpha value is -6.91. The summed E-state index contributed by atoms with van der Waals surface area (Å²) in [5.41, 5.74) is 12.0. The highest BCUT2D eigenvalue weighted by Crippen LogP contribution is 2.56. The lowest BCUT2D eigenvalue weighted by Crippen LogP contribution is -2.15. The minimum absolute atomic E-state index is 0.197. The van der Waals surface area contributed by atoms with Crippen molar-refractivity contribution in [3.63, 3.8) is 0 Å². The predicted molar refractivity (Wildman–Crippen MR) is 221 cm³/mol. The number of rotatable bonds is 4. The molecule has 4 nitrogen and oxygen atoms in total. The number of fused-ring (bicyclic) bond motifs is 11. The number of aromatic nitrogens is 3. The third kappa shape index (κ3) is 4.40. The molecular formula is C50H33N3O. The monoisotopic (exact) mass is 691 g/mol. The topological polar surface area (TPSA) is 51.8 Å². The Morgan fingerprint density at radius 1 is 0.389 bits per heavy atom. The first kappa shape index (κ1) is 30.7. The highest BCUT2D eigenvalue weighted by atomic mass is 16.3. The van der Waals surface area contributed by atoms with Crippen LogP contribution in [0, 0.1) is 0 Å². The molecule has 0 aliphatic heterocycles. The minimum atomic E-state index is -0.197. The van der Waals surface area contributed by atoms with Gasteiger partial charge < -0.3 is 4.42 Å². The van der Waals surface area contributed by atoms with E-state index in [1.54, 1.807) is 0 Å². The van der Waals surface area contributed by atoms with Crippen LogP contribution in [0.3, 0.4) is 0 Å². The average Bonchev–Trinajstić information content (AvgIpc) is 3.74. The predicted octanol–water partition coefficient (Wildman–Crippen LogP) is 13.1. The average molecular weight is 692 g/mol. The highest BCUT2D eigenvalue weighted by Gasteiger charge is 2.39. The molecule has 10 aromatic rings. The molecule has 0 unspecified atom stereocenters. The Labute approximate surface area is 312 Å². The Bertz CT molecular complexity index is 3070. The zero-order chi connectivity index (χ0) is 36.0. The van der Waals surface area contributed by atoms with Gasteiger partial charge in [0.05, 0.1) is 0 Å². The van der Waals surface area contributed by atoms with E-state index in [0.717, 1.165) is 60.5 Å². The van der Waals surface area contributed by atoms with Gasteiger partial charge in [0, 0.05) is 43.8 Å². The number of hydrogen-bond acceptors (Lipinski definition) is 4. The second-order valence-electron chi connectivity index (χ2n) is 14.7. The molecule has 8 aromatic carbocycles. The molecule has 0 fully saturated rings. The van der Waals surface area contributed by atoms with Crippen LogP contribution in [-0.4, -0.2) is 15.0 Å². The standard InChI is InChI=1S/C50H33N3O/c1-50(2)41-27-14-13-24-39(41)42-35-22-11-12-23-37(35)46-43(44(42)50)40-26-15-25-36(45(40)54-46)34-28-29-38(33-21-10-9-20-32(33)34)49-52-47(30-16-5-3-6-17-30)51-48(53-49)31-18-7-4-8-19-31/h3-29H,1-2H3. The fourth-order valence-corrected chi connectivity index (χ4v) is 8.87. The quantitative estimate of drug-likeness (QED) is 0.184. The first-order valence-electron chi connectivity index (χ1n) is 18.5. The third-order valence-corrected chi connectivity index (χ3v) is 11.3. The van der Waals surface area contributed by atoms with Crippen LogP contribution in [0.2, 0.25) is 0 Å². The molecule has 0 spiro atoms. The maximum absolute atomic E-state index is 7.13. The van der Waals surface area contributed by atoms with Crippen LogP contribution in [0.15, 0.2) is 168 Å². The Balaban J connectivity index is 1.16. The summed E-state index contributed by atoms with van der Waals surface area (Å²) in [6, 6.07) is 57.4. The smallest absolute Gasteiger partial charge is 0.164 e. The zero-order valence-electron chi connectivity index (χ0n) is 29.8. The summed E-state index contributed by atoms with van der Waals surface area (Å²) in [5.74, 6) is 1.92. The van der Waals surface area contributed by atoms with Crippen molar-refractivity contribution < 1.29 is 4.42 Å². The molecule has 0 saturated carbocycles. The number of para-hydroxylation sites is 1. The van der Waals surface area contributed by atoms with Crippen molar-refractivity contribution in [2.24, 2.45) is 0 Å². The van der Waals surface area contributed by atoms with E-state index >= 15 is 0 Å². The third-order valence-electron chi connectivity index (χ3n) is 11.3. The molecule has 254 valence electrons. The van der Waals surface area contributed by atoms with Crippen molar-refractivity contribution in [1.82, 2.24) is 15.0 Å². The maximum atomic E-state index is 7.13. The van der Waals surface area contributed by atoms with Crippen LogP contribution < -0.4 is 0 Å². The molecule has 0 radical (unpaired) electrons. The molecule has 1 aliphatic carbocycles. The molecule has 2 heterocycles. The minimum Gasteiger partial charge on any atom is -0.455 e. The summed E-state index contributed by atoms with van der Waals surface area (Å²) >= 11 is 0.